The molecular weight excluding hydrogens is 120 g/mol. The first-order chi connectivity index (χ1) is 4.38. The van der Waals surface area contributed by atoms with Crippen LogP contribution in [0.1, 0.15) is 0 Å². The molecule has 0 unspecified atom stereocenters. The van der Waals surface area contributed by atoms with Gasteiger partial charge in [-0.1, -0.05) is 0 Å². The lowest BCUT2D eigenvalue weighted by Crippen LogP contribution is -2.09. The van der Waals surface area contributed by atoms with Crippen LogP contribution < -0.4 is 11.5 Å². The standard InChI is InChI=1S/C5H10N2O2/c6-1-4-5(2-7)9-3-8-4/h1-3,6-7H2. The molecule has 0 radical (unpaired) electrons. The number of hydrogen-bond donors (Lipinski definition) is 2. The second-order valence-electron chi connectivity index (χ2n) is 1.66. The van der Waals surface area contributed by atoms with Crippen LogP contribution in [0.3, 0.4) is 0 Å². The minimum absolute atomic E-state index is 0.263. The Balaban J connectivity index is 2.59. The number of ether oxygens (including phenoxy) is 2. The highest BCUT2D eigenvalue weighted by Gasteiger charge is 2.13. The Kier molecular flexibility index (Phi) is 1.92. The van der Waals surface area contributed by atoms with Gasteiger partial charge in [0.05, 0.1) is 13.1 Å². The van der Waals surface area contributed by atoms with Gasteiger partial charge in [-0.3, -0.25) is 0 Å². The molecule has 0 saturated heterocycles. The Morgan fingerprint density at radius 1 is 1.11 bits per heavy atom. The molecule has 0 aromatic rings. The maximum atomic E-state index is 5.28. The van der Waals surface area contributed by atoms with Gasteiger partial charge in [0.25, 0.3) is 0 Å². The van der Waals surface area contributed by atoms with Crippen LogP contribution in [0.4, 0.5) is 0 Å². The molecule has 0 atom stereocenters. The fourth-order valence-electron chi connectivity index (χ4n) is 0.678. The van der Waals surface area contributed by atoms with E-state index in [0.717, 1.165) is 0 Å². The average molecular weight is 130 g/mol. The number of hydrogen-bond acceptors (Lipinski definition) is 4. The Bertz CT molecular complexity index is 119. The second-order valence-corrected chi connectivity index (χ2v) is 1.66. The summed E-state index contributed by atoms with van der Waals surface area (Å²) in [5.74, 6) is 1.36. The van der Waals surface area contributed by atoms with Crippen LogP contribution in [0.15, 0.2) is 11.5 Å². The van der Waals surface area contributed by atoms with Crippen LogP contribution in [-0.2, 0) is 9.47 Å². The van der Waals surface area contributed by atoms with Gasteiger partial charge in [-0.2, -0.15) is 0 Å². The summed E-state index contributed by atoms with van der Waals surface area (Å²) in [7, 11) is 0. The average Bonchev–Trinajstić information content (AvgIpc) is 2.33. The van der Waals surface area contributed by atoms with Gasteiger partial charge in [0.15, 0.2) is 11.5 Å². The summed E-state index contributed by atoms with van der Waals surface area (Å²) in [6, 6.07) is 0. The van der Waals surface area contributed by atoms with Crippen LogP contribution in [-0.4, -0.2) is 19.9 Å². The summed E-state index contributed by atoms with van der Waals surface area (Å²) in [4.78, 5) is 0. The smallest absolute Gasteiger partial charge is 0.230 e. The van der Waals surface area contributed by atoms with E-state index in [1.165, 1.54) is 0 Å². The van der Waals surface area contributed by atoms with Crippen molar-refractivity contribution in [3.63, 3.8) is 0 Å². The highest BCUT2D eigenvalue weighted by Crippen LogP contribution is 2.12. The Morgan fingerprint density at radius 2 is 1.56 bits per heavy atom. The summed E-state index contributed by atoms with van der Waals surface area (Å²) in [6.45, 7) is 0.998. The lowest BCUT2D eigenvalue weighted by molar-refractivity contribution is 0.0703. The number of rotatable bonds is 2. The first kappa shape index (κ1) is 6.38. The molecule has 0 bridgehead atoms. The predicted molar refractivity (Wildman–Crippen MR) is 32.2 cm³/mol. The van der Waals surface area contributed by atoms with Gasteiger partial charge in [0.1, 0.15) is 0 Å². The molecule has 4 nitrogen and oxygen atoms in total. The molecule has 0 fully saturated rings. The van der Waals surface area contributed by atoms with Crippen molar-refractivity contribution in [2.45, 2.75) is 0 Å². The molecule has 1 rings (SSSR count). The molecule has 0 aromatic heterocycles. The third-order valence-electron chi connectivity index (χ3n) is 1.15. The second kappa shape index (κ2) is 2.70. The highest BCUT2D eigenvalue weighted by molar-refractivity contribution is 5.06. The van der Waals surface area contributed by atoms with E-state index >= 15 is 0 Å². The molecule has 1 aliphatic rings. The zero-order chi connectivity index (χ0) is 6.69. The minimum Gasteiger partial charge on any atom is -0.457 e. The fourth-order valence-corrected chi connectivity index (χ4v) is 0.678. The molecule has 9 heavy (non-hydrogen) atoms. The molecule has 1 heterocycles. The van der Waals surface area contributed by atoms with E-state index in [0.29, 0.717) is 24.6 Å². The van der Waals surface area contributed by atoms with Crippen molar-refractivity contribution in [2.75, 3.05) is 19.9 Å². The van der Waals surface area contributed by atoms with Crippen molar-refractivity contribution in [1.82, 2.24) is 0 Å². The van der Waals surface area contributed by atoms with Crippen LogP contribution in [0.25, 0.3) is 0 Å². The van der Waals surface area contributed by atoms with Crippen molar-refractivity contribution >= 4 is 0 Å². The van der Waals surface area contributed by atoms with E-state index in [1.807, 2.05) is 0 Å². The highest BCUT2D eigenvalue weighted by atomic mass is 16.7. The molecule has 4 heteroatoms. The lowest BCUT2D eigenvalue weighted by Gasteiger charge is -1.95. The Labute approximate surface area is 53.4 Å². The SMILES string of the molecule is NCC1=C(CN)OCO1. The van der Waals surface area contributed by atoms with Gasteiger partial charge >= 0.3 is 0 Å². The summed E-state index contributed by atoms with van der Waals surface area (Å²) in [6.07, 6.45) is 0. The molecule has 4 N–H and O–H groups in total. The van der Waals surface area contributed by atoms with Gasteiger partial charge in [-0.25, -0.2) is 0 Å². The molecule has 0 spiro atoms. The quantitative estimate of drug-likeness (QED) is 0.509. The monoisotopic (exact) mass is 130 g/mol. The van der Waals surface area contributed by atoms with E-state index in [-0.39, 0.29) is 6.79 Å². The molecule has 0 aromatic carbocycles. The molecule has 0 saturated carbocycles. The normalized spacial score (nSPS) is 17.6. The van der Waals surface area contributed by atoms with E-state index < -0.39 is 0 Å². The van der Waals surface area contributed by atoms with Crippen molar-refractivity contribution in [2.24, 2.45) is 11.5 Å². The van der Waals surface area contributed by atoms with Gasteiger partial charge < -0.3 is 20.9 Å². The van der Waals surface area contributed by atoms with Gasteiger partial charge in [0.2, 0.25) is 6.79 Å². The summed E-state index contributed by atoms with van der Waals surface area (Å²) in [5.41, 5.74) is 10.6. The van der Waals surface area contributed by atoms with Gasteiger partial charge in [-0.15, -0.1) is 0 Å². The summed E-state index contributed by atoms with van der Waals surface area (Å²) in [5, 5.41) is 0. The van der Waals surface area contributed by atoms with E-state index in [4.69, 9.17) is 20.9 Å². The summed E-state index contributed by atoms with van der Waals surface area (Å²) >= 11 is 0. The first-order valence-corrected chi connectivity index (χ1v) is 2.76. The van der Waals surface area contributed by atoms with E-state index in [1.54, 1.807) is 0 Å². The fraction of sp³-hybridized carbons (Fsp3) is 0.600. The first-order valence-electron chi connectivity index (χ1n) is 2.76. The Morgan fingerprint density at radius 3 is 1.89 bits per heavy atom. The van der Waals surface area contributed by atoms with Crippen molar-refractivity contribution in [3.8, 4) is 0 Å². The molecule has 1 aliphatic heterocycles. The maximum Gasteiger partial charge on any atom is 0.230 e. The van der Waals surface area contributed by atoms with E-state index in [9.17, 15) is 0 Å². The predicted octanol–water partition coefficient (Wildman–Crippen LogP) is -0.880. The van der Waals surface area contributed by atoms with E-state index in [2.05, 4.69) is 0 Å². The van der Waals surface area contributed by atoms with Crippen molar-refractivity contribution in [1.29, 1.82) is 0 Å². The number of nitrogens with two attached hydrogens (primary N) is 2. The van der Waals surface area contributed by atoms with Gasteiger partial charge in [0, 0.05) is 0 Å². The van der Waals surface area contributed by atoms with Crippen molar-refractivity contribution < 1.29 is 9.47 Å². The van der Waals surface area contributed by atoms with Gasteiger partial charge in [-0.05, 0) is 0 Å². The molecule has 0 amide bonds. The zero-order valence-electron chi connectivity index (χ0n) is 5.09. The third-order valence-corrected chi connectivity index (χ3v) is 1.15. The molecule has 52 valence electrons. The molecule has 0 aliphatic carbocycles. The largest absolute Gasteiger partial charge is 0.457 e. The minimum atomic E-state index is 0.263. The van der Waals surface area contributed by atoms with Crippen molar-refractivity contribution in [3.05, 3.63) is 11.5 Å². The topological polar surface area (TPSA) is 70.5 Å². The maximum absolute atomic E-state index is 5.28. The van der Waals surface area contributed by atoms with Crippen LogP contribution >= 0.6 is 0 Å². The van der Waals surface area contributed by atoms with Crippen LogP contribution in [0.2, 0.25) is 0 Å². The zero-order valence-corrected chi connectivity index (χ0v) is 5.09. The molecular formula is C5H10N2O2. The Hall–Kier alpha value is -0.740. The summed E-state index contributed by atoms with van der Waals surface area (Å²) < 4.78 is 9.92. The lowest BCUT2D eigenvalue weighted by atomic mass is 10.4. The third kappa shape index (κ3) is 1.14. The van der Waals surface area contributed by atoms with Crippen LogP contribution in [0.5, 0.6) is 0 Å². The van der Waals surface area contributed by atoms with Crippen LogP contribution in [0, 0.1) is 0 Å².